The third-order valence-corrected chi connectivity index (χ3v) is 4.98. The van der Waals surface area contributed by atoms with Crippen molar-refractivity contribution in [2.24, 2.45) is 0 Å². The zero-order valence-corrected chi connectivity index (χ0v) is 15.8. The minimum absolute atomic E-state index is 0.555. The van der Waals surface area contributed by atoms with Crippen molar-refractivity contribution in [1.82, 2.24) is 9.55 Å². The molecular formula is C24H24N2O. The van der Waals surface area contributed by atoms with Crippen molar-refractivity contribution in [2.75, 3.05) is 0 Å². The number of fused-ring (bicyclic) bond motifs is 1. The molecule has 0 saturated carbocycles. The topological polar surface area (TPSA) is 38.0 Å². The number of nitrogens with zero attached hydrogens (tertiary/aromatic N) is 2. The third kappa shape index (κ3) is 3.15. The first-order valence-electron chi connectivity index (χ1n) is 9.50. The molecule has 0 spiro atoms. The summed E-state index contributed by atoms with van der Waals surface area (Å²) in [5.41, 5.74) is 5.31. The predicted octanol–water partition coefficient (Wildman–Crippen LogP) is 5.83. The van der Waals surface area contributed by atoms with E-state index < -0.39 is 6.10 Å². The van der Waals surface area contributed by atoms with E-state index in [1.807, 2.05) is 43.5 Å². The second-order valence-electron chi connectivity index (χ2n) is 6.98. The van der Waals surface area contributed by atoms with Crippen LogP contribution in [0, 0.1) is 6.92 Å². The fourth-order valence-corrected chi connectivity index (χ4v) is 3.73. The van der Waals surface area contributed by atoms with Crippen LogP contribution in [0.2, 0.25) is 0 Å². The van der Waals surface area contributed by atoms with E-state index in [2.05, 4.69) is 52.9 Å². The van der Waals surface area contributed by atoms with Gasteiger partial charge in [0.25, 0.3) is 0 Å². The van der Waals surface area contributed by atoms with Crippen LogP contribution in [-0.2, 0) is 0 Å². The standard InChI is InChI=1S/C24H24N2O/c1-3-9-21(27)24-23(18-10-5-4-6-11-18)19-12-7-8-13-20(19)26(24)22-15-14-17(2)16-25-22/h4-8,10-16,21,27H,3,9H2,1-2H3. The molecule has 27 heavy (non-hydrogen) atoms. The number of aliphatic hydroxyl groups excluding tert-OH is 1. The summed E-state index contributed by atoms with van der Waals surface area (Å²) >= 11 is 0. The van der Waals surface area contributed by atoms with Gasteiger partial charge in [-0.3, -0.25) is 4.57 Å². The van der Waals surface area contributed by atoms with E-state index in [1.54, 1.807) is 0 Å². The van der Waals surface area contributed by atoms with Crippen LogP contribution in [0.4, 0.5) is 0 Å². The van der Waals surface area contributed by atoms with Gasteiger partial charge in [-0.25, -0.2) is 4.98 Å². The summed E-state index contributed by atoms with van der Waals surface area (Å²) in [5.74, 6) is 0.837. The number of rotatable bonds is 5. The molecule has 2 aromatic heterocycles. The van der Waals surface area contributed by atoms with Gasteiger partial charge in [-0.2, -0.15) is 0 Å². The van der Waals surface area contributed by atoms with Gasteiger partial charge in [-0.15, -0.1) is 0 Å². The maximum absolute atomic E-state index is 11.1. The molecule has 1 unspecified atom stereocenters. The maximum atomic E-state index is 11.1. The summed E-state index contributed by atoms with van der Waals surface area (Å²) < 4.78 is 2.12. The lowest BCUT2D eigenvalue weighted by Crippen LogP contribution is -2.08. The first-order valence-corrected chi connectivity index (χ1v) is 9.50. The second kappa shape index (κ2) is 7.37. The Morgan fingerprint density at radius 3 is 2.41 bits per heavy atom. The largest absolute Gasteiger partial charge is 0.387 e. The van der Waals surface area contributed by atoms with Crippen LogP contribution in [0.5, 0.6) is 0 Å². The van der Waals surface area contributed by atoms with Gasteiger partial charge in [0.1, 0.15) is 5.82 Å². The van der Waals surface area contributed by atoms with Gasteiger partial charge in [0.05, 0.1) is 17.3 Å². The minimum atomic E-state index is -0.555. The molecule has 2 aromatic carbocycles. The molecule has 3 heteroatoms. The Kier molecular flexibility index (Phi) is 4.78. The van der Waals surface area contributed by atoms with E-state index in [0.717, 1.165) is 45.5 Å². The highest BCUT2D eigenvalue weighted by Crippen LogP contribution is 2.40. The number of para-hydroxylation sites is 1. The summed E-state index contributed by atoms with van der Waals surface area (Å²) in [5, 5.41) is 12.2. The molecule has 0 fully saturated rings. The summed E-state index contributed by atoms with van der Waals surface area (Å²) in [6, 6.07) is 22.7. The molecule has 1 atom stereocenters. The Morgan fingerprint density at radius 1 is 0.963 bits per heavy atom. The van der Waals surface area contributed by atoms with Crippen molar-refractivity contribution < 1.29 is 5.11 Å². The summed E-state index contributed by atoms with van der Waals surface area (Å²) in [7, 11) is 0. The number of aliphatic hydroxyl groups is 1. The highest BCUT2D eigenvalue weighted by Gasteiger charge is 2.24. The average molecular weight is 356 g/mol. The zero-order valence-electron chi connectivity index (χ0n) is 15.8. The van der Waals surface area contributed by atoms with E-state index in [-0.39, 0.29) is 0 Å². The summed E-state index contributed by atoms with van der Waals surface area (Å²) in [4.78, 5) is 4.66. The molecule has 3 nitrogen and oxygen atoms in total. The van der Waals surface area contributed by atoms with E-state index in [1.165, 1.54) is 0 Å². The number of aryl methyl sites for hydroxylation is 1. The van der Waals surface area contributed by atoms with Gasteiger partial charge in [0, 0.05) is 17.1 Å². The first kappa shape index (κ1) is 17.5. The second-order valence-corrected chi connectivity index (χ2v) is 6.98. The number of benzene rings is 2. The number of aromatic nitrogens is 2. The van der Waals surface area contributed by atoms with E-state index in [9.17, 15) is 5.11 Å². The van der Waals surface area contributed by atoms with Gasteiger partial charge in [0.2, 0.25) is 0 Å². The molecule has 0 aliphatic rings. The monoisotopic (exact) mass is 356 g/mol. The minimum Gasteiger partial charge on any atom is -0.387 e. The van der Waals surface area contributed by atoms with E-state index >= 15 is 0 Å². The zero-order chi connectivity index (χ0) is 18.8. The normalized spacial score (nSPS) is 12.4. The van der Waals surface area contributed by atoms with Crippen molar-refractivity contribution in [3.05, 3.63) is 84.2 Å². The van der Waals surface area contributed by atoms with Crippen LogP contribution in [-0.4, -0.2) is 14.7 Å². The predicted molar refractivity (Wildman–Crippen MR) is 111 cm³/mol. The maximum Gasteiger partial charge on any atom is 0.137 e. The van der Waals surface area contributed by atoms with Crippen LogP contribution in [0.25, 0.3) is 27.8 Å². The Hall–Kier alpha value is -2.91. The van der Waals surface area contributed by atoms with Gasteiger partial charge in [-0.05, 0) is 36.6 Å². The molecule has 0 bridgehead atoms. The molecule has 1 N–H and O–H groups in total. The third-order valence-electron chi connectivity index (χ3n) is 4.98. The Labute approximate surface area is 159 Å². The van der Waals surface area contributed by atoms with Gasteiger partial charge in [-0.1, -0.05) is 67.9 Å². The van der Waals surface area contributed by atoms with Crippen LogP contribution in [0.3, 0.4) is 0 Å². The Balaban J connectivity index is 2.09. The van der Waals surface area contributed by atoms with Crippen LogP contribution in [0.1, 0.15) is 37.1 Å². The van der Waals surface area contributed by atoms with Crippen molar-refractivity contribution in [1.29, 1.82) is 0 Å². The van der Waals surface area contributed by atoms with Crippen LogP contribution >= 0.6 is 0 Å². The van der Waals surface area contributed by atoms with Crippen LogP contribution in [0.15, 0.2) is 72.9 Å². The lowest BCUT2D eigenvalue weighted by atomic mass is 9.98. The fourth-order valence-electron chi connectivity index (χ4n) is 3.73. The van der Waals surface area contributed by atoms with Crippen molar-refractivity contribution in [3.8, 4) is 16.9 Å². The molecule has 0 radical (unpaired) electrons. The SMILES string of the molecule is CCCC(O)c1c(-c2ccccc2)c2ccccc2n1-c1ccc(C)cn1. The smallest absolute Gasteiger partial charge is 0.137 e. The molecule has 0 aliphatic heterocycles. The Bertz CT molecular complexity index is 1050. The van der Waals surface area contributed by atoms with E-state index in [0.29, 0.717) is 6.42 Å². The van der Waals surface area contributed by atoms with Crippen molar-refractivity contribution in [3.63, 3.8) is 0 Å². The van der Waals surface area contributed by atoms with Gasteiger partial charge in [0.15, 0.2) is 0 Å². The highest BCUT2D eigenvalue weighted by molar-refractivity contribution is 5.99. The Morgan fingerprint density at radius 2 is 1.70 bits per heavy atom. The lowest BCUT2D eigenvalue weighted by Gasteiger charge is -2.17. The summed E-state index contributed by atoms with van der Waals surface area (Å²) in [6.07, 6.45) is 2.95. The molecule has 2 heterocycles. The molecule has 4 aromatic rings. The average Bonchev–Trinajstić information content (AvgIpc) is 3.05. The van der Waals surface area contributed by atoms with Crippen LogP contribution < -0.4 is 0 Å². The van der Waals surface area contributed by atoms with Gasteiger partial charge >= 0.3 is 0 Å². The van der Waals surface area contributed by atoms with Crippen molar-refractivity contribution in [2.45, 2.75) is 32.8 Å². The molecule has 0 saturated heterocycles. The summed E-state index contributed by atoms with van der Waals surface area (Å²) in [6.45, 7) is 4.13. The van der Waals surface area contributed by atoms with E-state index in [4.69, 9.17) is 0 Å². The fraction of sp³-hybridized carbons (Fsp3) is 0.208. The van der Waals surface area contributed by atoms with Crippen molar-refractivity contribution >= 4 is 10.9 Å². The van der Waals surface area contributed by atoms with Gasteiger partial charge < -0.3 is 5.11 Å². The lowest BCUT2D eigenvalue weighted by molar-refractivity contribution is 0.161. The number of hydrogen-bond acceptors (Lipinski definition) is 2. The molecule has 4 rings (SSSR count). The molecule has 0 aliphatic carbocycles. The quantitative estimate of drug-likeness (QED) is 0.488. The first-order chi connectivity index (χ1) is 13.2. The highest BCUT2D eigenvalue weighted by atomic mass is 16.3. The molecule has 136 valence electrons. The molecule has 0 amide bonds. The number of pyridine rings is 1. The number of hydrogen-bond donors (Lipinski definition) is 1. The molecular weight excluding hydrogens is 332 g/mol.